The first-order chi connectivity index (χ1) is 11.0. The Balaban J connectivity index is 1.76. The van der Waals surface area contributed by atoms with E-state index < -0.39 is 15.8 Å². The molecule has 5 nitrogen and oxygen atoms in total. The lowest BCUT2D eigenvalue weighted by molar-refractivity contribution is 0.595. The molecule has 118 valence electrons. The molecule has 0 unspecified atom stereocenters. The minimum absolute atomic E-state index is 0.131. The zero-order chi connectivity index (χ0) is 16.3. The Morgan fingerprint density at radius 3 is 2.61 bits per heavy atom. The van der Waals surface area contributed by atoms with Crippen LogP contribution < -0.4 is 4.72 Å². The van der Waals surface area contributed by atoms with Gasteiger partial charge in [-0.2, -0.15) is 5.10 Å². The van der Waals surface area contributed by atoms with Crippen molar-refractivity contribution in [1.29, 1.82) is 0 Å². The molecule has 0 aliphatic rings. The summed E-state index contributed by atoms with van der Waals surface area (Å²) < 4.78 is 41.6. The molecule has 0 saturated carbocycles. The van der Waals surface area contributed by atoms with Gasteiger partial charge in [0.25, 0.3) is 10.0 Å². The van der Waals surface area contributed by atoms with Crippen LogP contribution in [-0.2, 0) is 16.6 Å². The minimum atomic E-state index is -3.84. The van der Waals surface area contributed by atoms with E-state index in [0.717, 1.165) is 11.6 Å². The van der Waals surface area contributed by atoms with Gasteiger partial charge >= 0.3 is 0 Å². The van der Waals surface area contributed by atoms with E-state index in [2.05, 4.69) is 9.82 Å². The normalized spacial score (nSPS) is 11.3. The maximum atomic E-state index is 13.2. The summed E-state index contributed by atoms with van der Waals surface area (Å²) in [7, 11) is -3.84. The highest BCUT2D eigenvalue weighted by atomic mass is 32.2. The van der Waals surface area contributed by atoms with Gasteiger partial charge in [0, 0.05) is 6.20 Å². The Morgan fingerprint density at radius 1 is 1.09 bits per heavy atom. The summed E-state index contributed by atoms with van der Waals surface area (Å²) in [5.41, 5.74) is 1.38. The van der Waals surface area contributed by atoms with Crippen LogP contribution in [0.5, 0.6) is 0 Å². The summed E-state index contributed by atoms with van der Waals surface area (Å²) in [5.74, 6) is -0.604. The topological polar surface area (TPSA) is 64.0 Å². The molecular weight excluding hydrogens is 317 g/mol. The Bertz CT molecular complexity index is 908. The van der Waals surface area contributed by atoms with Crippen molar-refractivity contribution in [3.63, 3.8) is 0 Å². The van der Waals surface area contributed by atoms with Crippen molar-refractivity contribution in [2.24, 2.45) is 0 Å². The monoisotopic (exact) mass is 331 g/mol. The number of halogens is 1. The number of hydrogen-bond acceptors (Lipinski definition) is 3. The number of rotatable bonds is 5. The van der Waals surface area contributed by atoms with E-state index >= 15 is 0 Å². The third-order valence-corrected chi connectivity index (χ3v) is 4.56. The van der Waals surface area contributed by atoms with Gasteiger partial charge in [0.15, 0.2) is 0 Å². The summed E-state index contributed by atoms with van der Waals surface area (Å²) >= 11 is 0. The molecular formula is C16H14FN3O2S. The second kappa shape index (κ2) is 6.21. The van der Waals surface area contributed by atoms with Crippen LogP contribution >= 0.6 is 0 Å². The molecule has 0 fully saturated rings. The molecule has 0 atom stereocenters. The number of nitrogens with one attached hydrogen (secondary N) is 1. The predicted octanol–water partition coefficient (Wildman–Crippen LogP) is 2.87. The Hall–Kier alpha value is -2.67. The fourth-order valence-corrected chi connectivity index (χ4v) is 3.18. The molecule has 0 amide bonds. The Kier molecular flexibility index (Phi) is 4.12. The highest BCUT2D eigenvalue weighted by Gasteiger charge is 2.15. The van der Waals surface area contributed by atoms with Gasteiger partial charge in [0.2, 0.25) is 0 Å². The number of aromatic nitrogens is 2. The summed E-state index contributed by atoms with van der Waals surface area (Å²) in [6, 6.07) is 14.5. The van der Waals surface area contributed by atoms with Gasteiger partial charge in [-0.3, -0.25) is 9.40 Å². The molecule has 7 heteroatoms. The molecule has 3 aromatic rings. The third kappa shape index (κ3) is 3.75. The average molecular weight is 331 g/mol. The van der Waals surface area contributed by atoms with Gasteiger partial charge in [-0.15, -0.1) is 0 Å². The van der Waals surface area contributed by atoms with Gasteiger partial charge in [-0.25, -0.2) is 12.8 Å². The predicted molar refractivity (Wildman–Crippen MR) is 85.0 cm³/mol. The smallest absolute Gasteiger partial charge is 0.262 e. The van der Waals surface area contributed by atoms with E-state index in [1.807, 2.05) is 30.3 Å². The van der Waals surface area contributed by atoms with Crippen LogP contribution in [0.4, 0.5) is 10.1 Å². The zero-order valence-corrected chi connectivity index (χ0v) is 12.9. The van der Waals surface area contributed by atoms with Crippen molar-refractivity contribution in [2.75, 3.05) is 4.72 Å². The highest BCUT2D eigenvalue weighted by molar-refractivity contribution is 7.92. The van der Waals surface area contributed by atoms with E-state index in [9.17, 15) is 12.8 Å². The zero-order valence-electron chi connectivity index (χ0n) is 12.1. The van der Waals surface area contributed by atoms with Gasteiger partial charge in [-0.05, 0) is 23.8 Å². The summed E-state index contributed by atoms with van der Waals surface area (Å²) in [6.45, 7) is 0.530. The van der Waals surface area contributed by atoms with Crippen molar-refractivity contribution >= 4 is 15.7 Å². The largest absolute Gasteiger partial charge is 0.276 e. The molecule has 2 aromatic carbocycles. The fourth-order valence-electron chi connectivity index (χ4n) is 2.12. The van der Waals surface area contributed by atoms with Crippen molar-refractivity contribution in [1.82, 2.24) is 9.78 Å². The van der Waals surface area contributed by atoms with E-state index in [-0.39, 0.29) is 4.90 Å². The van der Waals surface area contributed by atoms with Crippen LogP contribution in [0.3, 0.4) is 0 Å². The van der Waals surface area contributed by atoms with Crippen molar-refractivity contribution in [2.45, 2.75) is 11.4 Å². The summed E-state index contributed by atoms with van der Waals surface area (Å²) in [6.07, 6.45) is 3.00. The molecule has 23 heavy (non-hydrogen) atoms. The van der Waals surface area contributed by atoms with Gasteiger partial charge in [0.05, 0.1) is 23.3 Å². The minimum Gasteiger partial charge on any atom is -0.276 e. The quantitative estimate of drug-likeness (QED) is 0.782. The number of benzene rings is 2. The first kappa shape index (κ1) is 15.2. The second-order valence-electron chi connectivity index (χ2n) is 4.98. The first-order valence-electron chi connectivity index (χ1n) is 6.88. The molecule has 3 rings (SSSR count). The number of hydrogen-bond donors (Lipinski definition) is 1. The van der Waals surface area contributed by atoms with Crippen molar-refractivity contribution < 1.29 is 12.8 Å². The molecule has 0 aliphatic heterocycles. The Labute approximate surface area is 133 Å². The van der Waals surface area contributed by atoms with E-state index in [4.69, 9.17) is 0 Å². The van der Waals surface area contributed by atoms with E-state index in [1.54, 1.807) is 10.9 Å². The van der Waals surface area contributed by atoms with Crippen LogP contribution in [0.15, 0.2) is 71.9 Å². The van der Waals surface area contributed by atoms with Crippen molar-refractivity contribution in [3.8, 4) is 0 Å². The molecule has 1 aromatic heterocycles. The molecule has 1 N–H and O–H groups in total. The maximum Gasteiger partial charge on any atom is 0.262 e. The second-order valence-corrected chi connectivity index (χ2v) is 6.66. The van der Waals surface area contributed by atoms with Gasteiger partial charge in [-0.1, -0.05) is 36.4 Å². The lowest BCUT2D eigenvalue weighted by Gasteiger charge is -2.05. The van der Waals surface area contributed by atoms with Crippen LogP contribution in [0, 0.1) is 5.82 Å². The third-order valence-electron chi connectivity index (χ3n) is 3.18. The Morgan fingerprint density at radius 2 is 1.87 bits per heavy atom. The highest BCUT2D eigenvalue weighted by Crippen LogP contribution is 2.16. The molecule has 0 bridgehead atoms. The van der Waals surface area contributed by atoms with E-state index in [0.29, 0.717) is 12.2 Å². The lowest BCUT2D eigenvalue weighted by atomic mass is 10.2. The average Bonchev–Trinajstić information content (AvgIpc) is 2.94. The van der Waals surface area contributed by atoms with Crippen LogP contribution in [-0.4, -0.2) is 18.2 Å². The first-order valence-corrected chi connectivity index (χ1v) is 8.36. The van der Waals surface area contributed by atoms with Crippen LogP contribution in [0.2, 0.25) is 0 Å². The lowest BCUT2D eigenvalue weighted by Crippen LogP contribution is -2.12. The van der Waals surface area contributed by atoms with Gasteiger partial charge in [0.1, 0.15) is 5.82 Å². The number of anilines is 1. The summed E-state index contributed by atoms with van der Waals surface area (Å²) in [5, 5.41) is 4.12. The van der Waals surface area contributed by atoms with Crippen LogP contribution in [0.25, 0.3) is 0 Å². The fraction of sp³-hybridized carbons (Fsp3) is 0.0625. The number of nitrogens with zero attached hydrogens (tertiary/aromatic N) is 2. The summed E-state index contributed by atoms with van der Waals surface area (Å²) in [4.78, 5) is -0.131. The van der Waals surface area contributed by atoms with Gasteiger partial charge < -0.3 is 0 Å². The maximum absolute atomic E-state index is 13.2. The number of sulfonamides is 1. The molecule has 0 aliphatic carbocycles. The standard InChI is InChI=1S/C16H14FN3O2S/c17-14-7-4-8-16(9-14)23(21,22)19-15-10-18-20(12-15)11-13-5-2-1-3-6-13/h1-10,12,19H,11H2. The van der Waals surface area contributed by atoms with Crippen molar-refractivity contribution in [3.05, 3.63) is 78.4 Å². The molecule has 0 spiro atoms. The molecule has 1 heterocycles. The molecule has 0 saturated heterocycles. The molecule has 0 radical (unpaired) electrons. The van der Waals surface area contributed by atoms with Crippen LogP contribution in [0.1, 0.15) is 5.56 Å². The van der Waals surface area contributed by atoms with E-state index in [1.165, 1.54) is 24.4 Å². The SMILES string of the molecule is O=S(=O)(Nc1cnn(Cc2ccccc2)c1)c1cccc(F)c1.